The van der Waals surface area contributed by atoms with E-state index in [2.05, 4.69) is 20.7 Å². The summed E-state index contributed by atoms with van der Waals surface area (Å²) in [5, 5.41) is 12.8. The van der Waals surface area contributed by atoms with E-state index in [0.29, 0.717) is 5.69 Å². The van der Waals surface area contributed by atoms with Crippen LogP contribution in [0.25, 0.3) is 10.6 Å². The number of nitrogens with one attached hydrogen (secondary N) is 2. The molecule has 0 bridgehead atoms. The lowest BCUT2D eigenvalue weighted by Gasteiger charge is -1.93. The topological polar surface area (TPSA) is 70.1 Å². The molecule has 2 N–H and O–H groups in total. The number of H-pyrrole nitrogens is 1. The van der Waals surface area contributed by atoms with Gasteiger partial charge in [0.05, 0.1) is 16.8 Å². The van der Waals surface area contributed by atoms with Gasteiger partial charge in [-0.1, -0.05) is 6.07 Å². The van der Waals surface area contributed by atoms with Crippen molar-refractivity contribution in [3.63, 3.8) is 0 Å². The molecule has 0 unspecified atom stereocenters. The number of thiophene rings is 2. The Morgan fingerprint density at radius 1 is 1.43 bits per heavy atom. The smallest absolute Gasteiger partial charge is 0.276 e. The molecule has 0 aliphatic rings. The molecule has 0 aromatic carbocycles. The van der Waals surface area contributed by atoms with Crippen molar-refractivity contribution in [1.82, 2.24) is 15.6 Å². The summed E-state index contributed by atoms with van der Waals surface area (Å²) in [6.45, 7) is 2.02. The van der Waals surface area contributed by atoms with E-state index in [0.717, 1.165) is 15.4 Å². The van der Waals surface area contributed by atoms with Gasteiger partial charge in [0.1, 0.15) is 0 Å². The number of aromatic amines is 1. The van der Waals surface area contributed by atoms with Crippen LogP contribution in [0.2, 0.25) is 0 Å². The minimum Gasteiger partial charge on any atom is -0.276 e. The number of aromatic nitrogens is 2. The number of carbonyl (C=O) groups excluding carboxylic acids is 1. The number of rotatable bonds is 4. The molecule has 3 heterocycles. The van der Waals surface area contributed by atoms with Gasteiger partial charge in [-0.25, -0.2) is 5.43 Å². The third-order valence-corrected chi connectivity index (χ3v) is 4.55. The fourth-order valence-corrected chi connectivity index (χ4v) is 3.17. The summed E-state index contributed by atoms with van der Waals surface area (Å²) in [6.07, 6.45) is 1.63. The third-order valence-electron chi connectivity index (χ3n) is 2.72. The molecule has 3 aromatic rings. The van der Waals surface area contributed by atoms with Crippen LogP contribution in [0.4, 0.5) is 0 Å². The second-order valence-electron chi connectivity index (χ2n) is 4.29. The van der Waals surface area contributed by atoms with E-state index in [4.69, 9.17) is 0 Å². The predicted molar refractivity (Wildman–Crippen MR) is 86.0 cm³/mol. The van der Waals surface area contributed by atoms with Crippen LogP contribution < -0.4 is 5.43 Å². The number of hydrogen-bond acceptors (Lipinski definition) is 5. The molecule has 0 fully saturated rings. The Labute approximate surface area is 129 Å². The molecule has 3 aromatic heterocycles. The normalized spacial score (nSPS) is 11.1. The van der Waals surface area contributed by atoms with Crippen LogP contribution in [0.15, 0.2) is 40.8 Å². The van der Waals surface area contributed by atoms with E-state index >= 15 is 0 Å². The summed E-state index contributed by atoms with van der Waals surface area (Å²) >= 11 is 3.20. The van der Waals surface area contributed by atoms with Gasteiger partial charge in [0.2, 0.25) is 0 Å². The molecule has 1 amide bonds. The molecule has 106 valence electrons. The largest absolute Gasteiger partial charge is 0.291 e. The Bertz CT molecular complexity index is 771. The van der Waals surface area contributed by atoms with Gasteiger partial charge in [-0.05, 0) is 36.6 Å². The first kappa shape index (κ1) is 13.7. The average Bonchev–Trinajstić information content (AvgIpc) is 3.19. The molecule has 0 atom stereocenters. The number of hydrogen-bond donors (Lipinski definition) is 2. The van der Waals surface area contributed by atoms with Gasteiger partial charge in [0, 0.05) is 9.75 Å². The van der Waals surface area contributed by atoms with Crippen LogP contribution in [0.3, 0.4) is 0 Å². The Morgan fingerprint density at radius 3 is 3.05 bits per heavy atom. The van der Waals surface area contributed by atoms with Gasteiger partial charge in [-0.2, -0.15) is 10.2 Å². The van der Waals surface area contributed by atoms with Crippen molar-refractivity contribution in [2.24, 2.45) is 5.10 Å². The lowest BCUT2D eigenvalue weighted by Crippen LogP contribution is -2.17. The SMILES string of the molecule is Cc1ccc(C=NNC(=O)c2cc(-c3cccs3)[nH]n2)s1. The van der Waals surface area contributed by atoms with Crippen molar-refractivity contribution in [3.05, 3.63) is 51.2 Å². The van der Waals surface area contributed by atoms with Gasteiger partial charge < -0.3 is 0 Å². The highest BCUT2D eigenvalue weighted by molar-refractivity contribution is 7.13. The fourth-order valence-electron chi connectivity index (χ4n) is 1.73. The van der Waals surface area contributed by atoms with E-state index < -0.39 is 0 Å². The Kier molecular flexibility index (Phi) is 3.94. The number of aryl methyl sites for hydroxylation is 1. The van der Waals surface area contributed by atoms with Crippen LogP contribution in [0.5, 0.6) is 0 Å². The predicted octanol–water partition coefficient (Wildman–Crippen LogP) is 3.27. The van der Waals surface area contributed by atoms with Gasteiger partial charge in [0.15, 0.2) is 5.69 Å². The fraction of sp³-hybridized carbons (Fsp3) is 0.0714. The summed E-state index contributed by atoms with van der Waals surface area (Å²) in [7, 11) is 0. The van der Waals surface area contributed by atoms with Crippen LogP contribution in [0, 0.1) is 6.92 Å². The molecule has 7 heteroatoms. The van der Waals surface area contributed by atoms with Crippen LogP contribution in [0.1, 0.15) is 20.2 Å². The molecule has 0 saturated carbocycles. The zero-order chi connectivity index (χ0) is 14.7. The first-order valence-corrected chi connectivity index (χ1v) is 7.91. The molecule has 0 spiro atoms. The summed E-state index contributed by atoms with van der Waals surface area (Å²) in [4.78, 5) is 15.2. The standard InChI is InChI=1S/C14H12N4OS2/c1-9-4-5-10(21-9)8-15-18-14(19)12-7-11(16-17-12)13-3-2-6-20-13/h2-8H,1H3,(H,16,17)(H,18,19). The molecule has 0 saturated heterocycles. The van der Waals surface area contributed by atoms with Crippen molar-refractivity contribution in [2.75, 3.05) is 0 Å². The van der Waals surface area contributed by atoms with Gasteiger partial charge in [-0.3, -0.25) is 9.89 Å². The lowest BCUT2D eigenvalue weighted by atomic mass is 10.3. The third kappa shape index (κ3) is 3.26. The van der Waals surface area contributed by atoms with E-state index in [1.807, 2.05) is 36.6 Å². The average molecular weight is 316 g/mol. The Balaban J connectivity index is 1.64. The van der Waals surface area contributed by atoms with Crippen LogP contribution >= 0.6 is 22.7 Å². The highest BCUT2D eigenvalue weighted by Crippen LogP contribution is 2.22. The maximum Gasteiger partial charge on any atom is 0.291 e. The molecule has 0 aliphatic heterocycles. The number of carbonyl (C=O) groups is 1. The summed E-state index contributed by atoms with van der Waals surface area (Å²) < 4.78 is 0. The second-order valence-corrected chi connectivity index (χ2v) is 6.56. The van der Waals surface area contributed by atoms with Crippen molar-refractivity contribution in [3.8, 4) is 10.6 Å². The highest BCUT2D eigenvalue weighted by Gasteiger charge is 2.11. The Morgan fingerprint density at radius 2 is 2.33 bits per heavy atom. The van der Waals surface area contributed by atoms with Crippen LogP contribution in [-0.2, 0) is 0 Å². The number of amides is 1. The lowest BCUT2D eigenvalue weighted by molar-refractivity contribution is 0.0950. The summed E-state index contributed by atoms with van der Waals surface area (Å²) in [5.74, 6) is -0.335. The monoisotopic (exact) mass is 316 g/mol. The summed E-state index contributed by atoms with van der Waals surface area (Å²) in [5.41, 5.74) is 3.62. The molecule has 3 rings (SSSR count). The molecule has 0 radical (unpaired) electrons. The van der Waals surface area contributed by atoms with E-state index in [9.17, 15) is 4.79 Å². The molecular weight excluding hydrogens is 304 g/mol. The van der Waals surface area contributed by atoms with Crippen molar-refractivity contribution < 1.29 is 4.79 Å². The van der Waals surface area contributed by atoms with Gasteiger partial charge in [-0.15, -0.1) is 22.7 Å². The van der Waals surface area contributed by atoms with Gasteiger partial charge >= 0.3 is 0 Å². The first-order valence-electron chi connectivity index (χ1n) is 6.21. The van der Waals surface area contributed by atoms with Crippen molar-refractivity contribution >= 4 is 34.8 Å². The van der Waals surface area contributed by atoms with Gasteiger partial charge in [0.25, 0.3) is 5.91 Å². The van der Waals surface area contributed by atoms with Crippen LogP contribution in [-0.4, -0.2) is 22.3 Å². The van der Waals surface area contributed by atoms with Crippen molar-refractivity contribution in [2.45, 2.75) is 6.92 Å². The van der Waals surface area contributed by atoms with E-state index in [1.54, 1.807) is 35.0 Å². The maximum absolute atomic E-state index is 11.9. The summed E-state index contributed by atoms with van der Waals surface area (Å²) in [6, 6.07) is 9.60. The minimum absolute atomic E-state index is 0.318. The molecule has 5 nitrogen and oxygen atoms in total. The van der Waals surface area contributed by atoms with E-state index in [-0.39, 0.29) is 5.91 Å². The minimum atomic E-state index is -0.335. The number of hydrazone groups is 1. The zero-order valence-corrected chi connectivity index (χ0v) is 12.8. The molecular formula is C14H12N4OS2. The first-order chi connectivity index (χ1) is 10.2. The number of nitrogens with zero attached hydrogens (tertiary/aromatic N) is 2. The van der Waals surface area contributed by atoms with Crippen molar-refractivity contribution in [1.29, 1.82) is 0 Å². The maximum atomic E-state index is 11.9. The quantitative estimate of drug-likeness (QED) is 0.573. The molecule has 0 aliphatic carbocycles. The second kappa shape index (κ2) is 6.02. The Hall–Kier alpha value is -2.25. The van der Waals surface area contributed by atoms with E-state index in [1.165, 1.54) is 4.88 Å². The molecule has 21 heavy (non-hydrogen) atoms. The zero-order valence-electron chi connectivity index (χ0n) is 11.2. The highest BCUT2D eigenvalue weighted by atomic mass is 32.1.